The molecule has 1 aliphatic carbocycles. The summed E-state index contributed by atoms with van der Waals surface area (Å²) in [4.78, 5) is 29.0. The number of fused-ring (bicyclic) bond motifs is 1. The Morgan fingerprint density at radius 1 is 1.19 bits per heavy atom. The van der Waals surface area contributed by atoms with Gasteiger partial charge in [0.2, 0.25) is 5.91 Å². The van der Waals surface area contributed by atoms with E-state index in [0.717, 1.165) is 32.1 Å². The number of aromatic nitrogens is 1. The van der Waals surface area contributed by atoms with E-state index in [1.165, 1.54) is 5.56 Å². The Morgan fingerprint density at radius 2 is 2.00 bits per heavy atom. The van der Waals surface area contributed by atoms with Crippen molar-refractivity contribution in [2.24, 2.45) is 11.8 Å². The Hall–Kier alpha value is -1.79. The number of hydrogen-bond acceptors (Lipinski definition) is 5. The van der Waals surface area contributed by atoms with E-state index in [1.54, 1.807) is 0 Å². The zero-order valence-corrected chi connectivity index (χ0v) is 15.9. The quantitative estimate of drug-likeness (QED) is 0.709. The lowest BCUT2D eigenvalue weighted by atomic mass is 9.94. The summed E-state index contributed by atoms with van der Waals surface area (Å²) in [6.07, 6.45) is 7.15. The van der Waals surface area contributed by atoms with Crippen LogP contribution in [0.4, 0.5) is 0 Å². The summed E-state index contributed by atoms with van der Waals surface area (Å²) in [7, 11) is 0. The van der Waals surface area contributed by atoms with Gasteiger partial charge in [0.05, 0.1) is 25.4 Å². The molecule has 0 bridgehead atoms. The monoisotopic (exact) mass is 372 g/mol. The first kappa shape index (κ1) is 18.6. The number of amides is 1. The lowest BCUT2D eigenvalue weighted by Gasteiger charge is -2.17. The predicted octanol–water partition coefficient (Wildman–Crippen LogP) is 2.31. The van der Waals surface area contributed by atoms with Crippen molar-refractivity contribution in [2.75, 3.05) is 13.2 Å². The molecule has 6 nitrogen and oxygen atoms in total. The van der Waals surface area contributed by atoms with Gasteiger partial charge in [-0.15, -0.1) is 0 Å². The summed E-state index contributed by atoms with van der Waals surface area (Å²) in [6, 6.07) is 3.73. The van der Waals surface area contributed by atoms with Gasteiger partial charge >= 0.3 is 0 Å². The first-order valence-electron chi connectivity index (χ1n) is 10.2. The van der Waals surface area contributed by atoms with E-state index < -0.39 is 0 Å². The van der Waals surface area contributed by atoms with Crippen LogP contribution >= 0.6 is 0 Å². The first-order valence-corrected chi connectivity index (χ1v) is 10.2. The lowest BCUT2D eigenvalue weighted by Crippen LogP contribution is -2.44. The van der Waals surface area contributed by atoms with Crippen molar-refractivity contribution in [3.05, 3.63) is 29.6 Å². The summed E-state index contributed by atoms with van der Waals surface area (Å²) in [5, 5.41) is 3.05. The van der Waals surface area contributed by atoms with E-state index in [-0.39, 0.29) is 41.8 Å². The summed E-state index contributed by atoms with van der Waals surface area (Å²) in [6.45, 7) is 3.11. The number of carbonyl (C=O) groups is 2. The third-order valence-electron chi connectivity index (χ3n) is 5.81. The Morgan fingerprint density at radius 3 is 2.70 bits per heavy atom. The summed E-state index contributed by atoms with van der Waals surface area (Å²) in [5.41, 5.74) is 1.68. The Balaban J connectivity index is 1.31. The summed E-state index contributed by atoms with van der Waals surface area (Å²) >= 11 is 0. The van der Waals surface area contributed by atoms with Crippen LogP contribution in [0.25, 0.3) is 0 Å². The fourth-order valence-electron chi connectivity index (χ4n) is 3.98. The van der Waals surface area contributed by atoms with Crippen LogP contribution in [0.1, 0.15) is 55.1 Å². The molecular weight excluding hydrogens is 344 g/mol. The van der Waals surface area contributed by atoms with Crippen molar-refractivity contribution < 1.29 is 19.1 Å². The first-order chi connectivity index (χ1) is 13.2. The third-order valence-corrected chi connectivity index (χ3v) is 5.81. The van der Waals surface area contributed by atoms with Crippen molar-refractivity contribution in [3.63, 3.8) is 0 Å². The zero-order chi connectivity index (χ0) is 18.8. The molecule has 6 heteroatoms. The molecule has 0 spiro atoms. The van der Waals surface area contributed by atoms with E-state index in [2.05, 4.69) is 17.2 Å². The zero-order valence-electron chi connectivity index (χ0n) is 15.9. The molecule has 2 saturated heterocycles. The molecule has 146 valence electrons. The largest absolute Gasteiger partial charge is 0.373 e. The van der Waals surface area contributed by atoms with Gasteiger partial charge in [-0.25, -0.2) is 0 Å². The van der Waals surface area contributed by atoms with Gasteiger partial charge in [-0.1, -0.05) is 19.4 Å². The Bertz CT molecular complexity index is 686. The number of unbranched alkanes of at least 4 members (excludes halogenated alkanes) is 1. The van der Waals surface area contributed by atoms with E-state index in [9.17, 15) is 9.59 Å². The summed E-state index contributed by atoms with van der Waals surface area (Å²) < 4.78 is 11.8. The van der Waals surface area contributed by atoms with Gasteiger partial charge in [0.1, 0.15) is 11.8 Å². The number of rotatable bonds is 8. The number of hydrogen-bond donors (Lipinski definition) is 1. The third kappa shape index (κ3) is 4.22. The maximum Gasteiger partial charge on any atom is 0.223 e. The summed E-state index contributed by atoms with van der Waals surface area (Å²) in [5.74, 6) is 0.334. The van der Waals surface area contributed by atoms with Gasteiger partial charge in [-0.2, -0.15) is 0 Å². The highest BCUT2D eigenvalue weighted by Crippen LogP contribution is 2.35. The molecule has 1 saturated carbocycles. The van der Waals surface area contributed by atoms with Crippen LogP contribution in [0.5, 0.6) is 0 Å². The molecule has 4 rings (SSSR count). The number of aryl methyl sites for hydroxylation is 1. The van der Waals surface area contributed by atoms with Crippen LogP contribution in [0.15, 0.2) is 18.3 Å². The molecule has 4 atom stereocenters. The number of ketones is 1. The van der Waals surface area contributed by atoms with Gasteiger partial charge in [0, 0.05) is 24.5 Å². The topological polar surface area (TPSA) is 77.5 Å². The molecule has 1 N–H and O–H groups in total. The van der Waals surface area contributed by atoms with Crippen molar-refractivity contribution >= 4 is 11.7 Å². The van der Waals surface area contributed by atoms with E-state index >= 15 is 0 Å². The molecule has 27 heavy (non-hydrogen) atoms. The second-order valence-corrected chi connectivity index (χ2v) is 8.03. The number of nitrogens with one attached hydrogen (secondary N) is 1. The molecule has 2 aliphatic heterocycles. The van der Waals surface area contributed by atoms with Crippen molar-refractivity contribution in [2.45, 2.75) is 63.7 Å². The van der Waals surface area contributed by atoms with Crippen molar-refractivity contribution in [3.8, 4) is 0 Å². The van der Waals surface area contributed by atoms with Crippen LogP contribution in [0, 0.1) is 11.8 Å². The standard InChI is InChI=1S/C21H28N2O4/c1-2-3-4-13-5-8-16(22-10-13)18(24)9-15-11-26-20-17(12-27-19(15)20)23-21(25)14-6-7-14/h5,8,10,14-15,17,19-20H,2-4,6-7,9,11-12H2,1H3,(H,23,25)/t15-,17-,19+,20+/m0/s1. The normalized spacial score (nSPS) is 29.5. The highest BCUT2D eigenvalue weighted by molar-refractivity contribution is 5.94. The van der Waals surface area contributed by atoms with Crippen LogP contribution in [0.3, 0.4) is 0 Å². The molecule has 3 fully saturated rings. The molecule has 3 aliphatic rings. The van der Waals surface area contributed by atoms with Gasteiger partial charge in [0.15, 0.2) is 5.78 Å². The lowest BCUT2D eigenvalue weighted by molar-refractivity contribution is -0.123. The number of pyridine rings is 1. The maximum atomic E-state index is 12.6. The van der Waals surface area contributed by atoms with E-state index in [1.807, 2.05) is 18.3 Å². The van der Waals surface area contributed by atoms with Crippen molar-refractivity contribution in [1.29, 1.82) is 0 Å². The van der Waals surface area contributed by atoms with Crippen molar-refractivity contribution in [1.82, 2.24) is 10.3 Å². The van der Waals surface area contributed by atoms with E-state index in [4.69, 9.17) is 9.47 Å². The van der Waals surface area contributed by atoms with Gasteiger partial charge in [-0.05, 0) is 37.3 Å². The Kier molecular flexibility index (Phi) is 5.55. The van der Waals surface area contributed by atoms with Crippen LogP contribution in [0.2, 0.25) is 0 Å². The molecule has 1 aromatic rings. The average molecular weight is 372 g/mol. The van der Waals surface area contributed by atoms with Gasteiger partial charge in [-0.3, -0.25) is 14.6 Å². The highest BCUT2D eigenvalue weighted by Gasteiger charge is 2.49. The number of nitrogens with zero attached hydrogens (tertiary/aromatic N) is 1. The average Bonchev–Trinajstić information content (AvgIpc) is 3.36. The molecule has 0 radical (unpaired) electrons. The molecule has 0 aromatic carbocycles. The fraction of sp³-hybridized carbons (Fsp3) is 0.667. The van der Waals surface area contributed by atoms with Gasteiger partial charge in [0.25, 0.3) is 0 Å². The molecule has 3 heterocycles. The second-order valence-electron chi connectivity index (χ2n) is 8.03. The minimum atomic E-state index is -0.144. The minimum Gasteiger partial charge on any atom is -0.373 e. The van der Waals surface area contributed by atoms with Gasteiger partial charge < -0.3 is 14.8 Å². The minimum absolute atomic E-state index is 0.0203. The predicted molar refractivity (Wildman–Crippen MR) is 99.4 cm³/mol. The maximum absolute atomic E-state index is 12.6. The smallest absolute Gasteiger partial charge is 0.223 e. The molecule has 0 unspecified atom stereocenters. The number of Topliss-reactive ketones (excluding diaryl/α,β-unsaturated/α-hetero) is 1. The van der Waals surface area contributed by atoms with E-state index in [0.29, 0.717) is 25.3 Å². The number of ether oxygens (including phenoxy) is 2. The van der Waals surface area contributed by atoms with Crippen LogP contribution in [-0.4, -0.2) is 48.1 Å². The molecular formula is C21H28N2O4. The highest BCUT2D eigenvalue weighted by atomic mass is 16.6. The second kappa shape index (κ2) is 8.07. The fourth-order valence-corrected chi connectivity index (χ4v) is 3.98. The van der Waals surface area contributed by atoms with Crippen LogP contribution < -0.4 is 5.32 Å². The Labute approximate surface area is 160 Å². The number of carbonyl (C=O) groups excluding carboxylic acids is 2. The SMILES string of the molecule is CCCCc1ccc(C(=O)C[C@H]2CO[C@H]3[C@@H]2OC[C@@H]3NC(=O)C2CC2)nc1. The molecule has 1 aromatic heterocycles. The molecule has 1 amide bonds. The van der Waals surface area contributed by atoms with Crippen LogP contribution in [-0.2, 0) is 20.7 Å².